The summed E-state index contributed by atoms with van der Waals surface area (Å²) >= 11 is 1.87. The van der Waals surface area contributed by atoms with Crippen LogP contribution in [0.1, 0.15) is 33.6 Å². The summed E-state index contributed by atoms with van der Waals surface area (Å²) in [4.78, 5) is 0. The molecular formula is C10H23NOS. The highest BCUT2D eigenvalue weighted by Gasteiger charge is 2.09. The van der Waals surface area contributed by atoms with Crippen molar-refractivity contribution in [3.8, 4) is 0 Å². The van der Waals surface area contributed by atoms with Gasteiger partial charge in [-0.15, -0.1) is 0 Å². The van der Waals surface area contributed by atoms with E-state index in [9.17, 15) is 0 Å². The van der Waals surface area contributed by atoms with E-state index in [0.717, 1.165) is 24.7 Å². The van der Waals surface area contributed by atoms with Gasteiger partial charge in [0.05, 0.1) is 6.61 Å². The molecule has 0 saturated heterocycles. The van der Waals surface area contributed by atoms with E-state index in [4.69, 9.17) is 10.5 Å². The van der Waals surface area contributed by atoms with E-state index in [2.05, 4.69) is 20.8 Å². The summed E-state index contributed by atoms with van der Waals surface area (Å²) in [6.45, 7) is 8.05. The SMILES string of the molecule is CCCCOCCSCC(C)(C)N. The van der Waals surface area contributed by atoms with Gasteiger partial charge in [0.1, 0.15) is 0 Å². The highest BCUT2D eigenvalue weighted by atomic mass is 32.2. The average molecular weight is 205 g/mol. The minimum Gasteiger partial charge on any atom is -0.381 e. The molecule has 0 radical (unpaired) electrons. The van der Waals surface area contributed by atoms with Crippen LogP contribution in [0.3, 0.4) is 0 Å². The van der Waals surface area contributed by atoms with Gasteiger partial charge in [-0.05, 0) is 20.3 Å². The van der Waals surface area contributed by atoms with E-state index in [1.807, 2.05) is 11.8 Å². The zero-order chi connectivity index (χ0) is 10.2. The van der Waals surface area contributed by atoms with Crippen LogP contribution in [-0.2, 0) is 4.74 Å². The van der Waals surface area contributed by atoms with E-state index in [1.165, 1.54) is 12.8 Å². The second kappa shape index (κ2) is 7.65. The third kappa shape index (κ3) is 12.3. The molecule has 0 heterocycles. The molecule has 0 amide bonds. The molecule has 0 bridgehead atoms. The van der Waals surface area contributed by atoms with Gasteiger partial charge in [-0.3, -0.25) is 0 Å². The van der Waals surface area contributed by atoms with Gasteiger partial charge < -0.3 is 10.5 Å². The van der Waals surface area contributed by atoms with Gasteiger partial charge in [0, 0.05) is 23.7 Å². The Morgan fingerprint density at radius 1 is 1.31 bits per heavy atom. The Bertz CT molecular complexity index is 112. The van der Waals surface area contributed by atoms with Gasteiger partial charge in [-0.2, -0.15) is 11.8 Å². The lowest BCUT2D eigenvalue weighted by Gasteiger charge is -2.17. The summed E-state index contributed by atoms with van der Waals surface area (Å²) in [5.41, 5.74) is 5.79. The lowest BCUT2D eigenvalue weighted by molar-refractivity contribution is 0.147. The molecule has 80 valence electrons. The maximum absolute atomic E-state index is 5.84. The first kappa shape index (κ1) is 13.3. The van der Waals surface area contributed by atoms with E-state index < -0.39 is 0 Å². The van der Waals surface area contributed by atoms with Crippen molar-refractivity contribution in [1.29, 1.82) is 0 Å². The number of unbranched alkanes of at least 4 members (excludes halogenated alkanes) is 1. The second-order valence-electron chi connectivity index (χ2n) is 4.01. The molecule has 0 aliphatic heterocycles. The molecule has 0 spiro atoms. The standard InChI is InChI=1S/C10H23NOS/c1-4-5-6-12-7-8-13-9-10(2,3)11/h4-9,11H2,1-3H3. The maximum atomic E-state index is 5.84. The Kier molecular flexibility index (Phi) is 7.81. The predicted octanol–water partition coefficient (Wildman–Crippen LogP) is 2.27. The summed E-state index contributed by atoms with van der Waals surface area (Å²) in [6, 6.07) is 0. The summed E-state index contributed by atoms with van der Waals surface area (Å²) in [7, 11) is 0. The van der Waals surface area contributed by atoms with Crippen LogP contribution in [0.15, 0.2) is 0 Å². The van der Waals surface area contributed by atoms with Crippen LogP contribution < -0.4 is 5.73 Å². The fourth-order valence-electron chi connectivity index (χ4n) is 0.802. The molecule has 0 saturated carbocycles. The Morgan fingerprint density at radius 3 is 2.54 bits per heavy atom. The lowest BCUT2D eigenvalue weighted by atomic mass is 10.1. The maximum Gasteiger partial charge on any atom is 0.0556 e. The monoisotopic (exact) mass is 205 g/mol. The van der Waals surface area contributed by atoms with Crippen LogP contribution in [0.25, 0.3) is 0 Å². The van der Waals surface area contributed by atoms with Crippen LogP contribution >= 0.6 is 11.8 Å². The third-order valence-corrected chi connectivity index (χ3v) is 2.89. The van der Waals surface area contributed by atoms with Crippen LogP contribution in [0, 0.1) is 0 Å². The van der Waals surface area contributed by atoms with Crippen molar-refractivity contribution >= 4 is 11.8 Å². The number of hydrogen-bond donors (Lipinski definition) is 1. The fraction of sp³-hybridized carbons (Fsp3) is 1.00. The first-order valence-corrected chi connectivity index (χ1v) is 6.16. The van der Waals surface area contributed by atoms with E-state index in [-0.39, 0.29) is 5.54 Å². The van der Waals surface area contributed by atoms with Gasteiger partial charge in [0.2, 0.25) is 0 Å². The van der Waals surface area contributed by atoms with Crippen molar-refractivity contribution in [2.45, 2.75) is 39.2 Å². The number of hydrogen-bond acceptors (Lipinski definition) is 3. The number of nitrogens with two attached hydrogens (primary N) is 1. The molecule has 2 nitrogen and oxygen atoms in total. The second-order valence-corrected chi connectivity index (χ2v) is 5.11. The molecule has 3 heteroatoms. The molecule has 0 atom stereocenters. The molecule has 0 rings (SSSR count). The zero-order valence-electron chi connectivity index (χ0n) is 9.14. The molecule has 0 aromatic heterocycles. The van der Waals surface area contributed by atoms with Gasteiger partial charge >= 0.3 is 0 Å². The number of ether oxygens (including phenoxy) is 1. The first-order valence-electron chi connectivity index (χ1n) is 5.00. The molecule has 0 unspecified atom stereocenters. The normalized spacial score (nSPS) is 12.0. The van der Waals surface area contributed by atoms with Crippen molar-refractivity contribution in [3.05, 3.63) is 0 Å². The van der Waals surface area contributed by atoms with E-state index >= 15 is 0 Å². The summed E-state index contributed by atoms with van der Waals surface area (Å²) < 4.78 is 5.43. The van der Waals surface area contributed by atoms with Crippen LogP contribution in [-0.4, -0.2) is 30.3 Å². The summed E-state index contributed by atoms with van der Waals surface area (Å²) in [5, 5.41) is 0. The topological polar surface area (TPSA) is 35.2 Å². The van der Waals surface area contributed by atoms with Crippen LogP contribution in [0.5, 0.6) is 0 Å². The predicted molar refractivity (Wildman–Crippen MR) is 61.3 cm³/mol. The van der Waals surface area contributed by atoms with Crippen molar-refractivity contribution in [2.75, 3.05) is 24.7 Å². The zero-order valence-corrected chi connectivity index (χ0v) is 9.95. The van der Waals surface area contributed by atoms with Gasteiger partial charge in [-0.25, -0.2) is 0 Å². The smallest absolute Gasteiger partial charge is 0.0556 e. The number of thioether (sulfide) groups is 1. The van der Waals surface area contributed by atoms with Crippen molar-refractivity contribution in [1.82, 2.24) is 0 Å². The minimum atomic E-state index is -0.0475. The molecule has 0 aromatic carbocycles. The molecule has 2 N–H and O–H groups in total. The van der Waals surface area contributed by atoms with Gasteiger partial charge in [0.25, 0.3) is 0 Å². The Balaban J connectivity index is 3.00. The van der Waals surface area contributed by atoms with Gasteiger partial charge in [0.15, 0.2) is 0 Å². The summed E-state index contributed by atoms with van der Waals surface area (Å²) in [6.07, 6.45) is 2.38. The third-order valence-electron chi connectivity index (χ3n) is 1.49. The molecule has 13 heavy (non-hydrogen) atoms. The molecule has 0 aromatic rings. The fourth-order valence-corrected chi connectivity index (χ4v) is 1.71. The largest absolute Gasteiger partial charge is 0.381 e. The first-order chi connectivity index (χ1) is 6.06. The highest BCUT2D eigenvalue weighted by Crippen LogP contribution is 2.09. The van der Waals surface area contributed by atoms with Crippen molar-refractivity contribution in [3.63, 3.8) is 0 Å². The lowest BCUT2D eigenvalue weighted by Crippen LogP contribution is -2.34. The van der Waals surface area contributed by atoms with E-state index in [0.29, 0.717) is 0 Å². The quantitative estimate of drug-likeness (QED) is 0.617. The van der Waals surface area contributed by atoms with Crippen molar-refractivity contribution in [2.24, 2.45) is 5.73 Å². The average Bonchev–Trinajstić information content (AvgIpc) is 2.01. The molecular weight excluding hydrogens is 182 g/mol. The Labute approximate surface area is 86.6 Å². The van der Waals surface area contributed by atoms with Crippen molar-refractivity contribution < 1.29 is 4.74 Å². The number of rotatable bonds is 8. The molecule has 0 aliphatic rings. The minimum absolute atomic E-state index is 0.0475. The van der Waals surface area contributed by atoms with Crippen LogP contribution in [0.2, 0.25) is 0 Å². The molecule has 0 fully saturated rings. The molecule has 0 aliphatic carbocycles. The van der Waals surface area contributed by atoms with Crippen LogP contribution in [0.4, 0.5) is 0 Å². The highest BCUT2D eigenvalue weighted by molar-refractivity contribution is 7.99. The summed E-state index contributed by atoms with van der Waals surface area (Å²) in [5.74, 6) is 2.06. The van der Waals surface area contributed by atoms with Gasteiger partial charge in [-0.1, -0.05) is 13.3 Å². The Hall–Kier alpha value is 0.270. The van der Waals surface area contributed by atoms with E-state index in [1.54, 1.807) is 0 Å². The Morgan fingerprint density at radius 2 is 2.00 bits per heavy atom.